The van der Waals surface area contributed by atoms with Gasteiger partial charge in [-0.1, -0.05) is 35.9 Å². The molecule has 0 atom stereocenters. The van der Waals surface area contributed by atoms with Crippen molar-refractivity contribution in [3.63, 3.8) is 0 Å². The van der Waals surface area contributed by atoms with Gasteiger partial charge in [-0.25, -0.2) is 0 Å². The number of alkyl halides is 3. The Morgan fingerprint density at radius 2 is 1.78 bits per heavy atom. The van der Waals surface area contributed by atoms with E-state index in [9.17, 15) is 18.0 Å². The Morgan fingerprint density at radius 1 is 1.02 bits per heavy atom. The number of nitrogens with zero attached hydrogens (tertiary/aromatic N) is 5. The summed E-state index contributed by atoms with van der Waals surface area (Å²) in [4.78, 5) is 17.0. The number of hydrogen-bond donors (Lipinski definition) is 3. The molecule has 5 rings (SSSR count). The minimum atomic E-state index is -4.58. The number of rotatable bonds is 9. The number of aromatic nitrogens is 2. The van der Waals surface area contributed by atoms with Crippen molar-refractivity contribution in [1.29, 1.82) is 0 Å². The van der Waals surface area contributed by atoms with Gasteiger partial charge in [0.1, 0.15) is 0 Å². The maximum atomic E-state index is 13.8. The number of amides is 1. The third-order valence-corrected chi connectivity index (χ3v) is 7.81. The van der Waals surface area contributed by atoms with E-state index >= 15 is 0 Å². The van der Waals surface area contributed by atoms with E-state index in [2.05, 4.69) is 21.4 Å². The number of carbonyl (C=O) groups excluding carboxylic acids is 1. The normalized spacial score (nSPS) is 13.2. The predicted molar refractivity (Wildman–Crippen MR) is 173 cm³/mol. The van der Waals surface area contributed by atoms with Gasteiger partial charge >= 0.3 is 6.18 Å². The third kappa shape index (κ3) is 7.08. The SMILES string of the molecule is Cc1ccc(C(=O)Nc2cc(N(C)CCN(C)C)cc(C(F)(F)F)c2)cc1N1C=C(c2cnn(C)c2-c2ccccc2Cl)NN1. The van der Waals surface area contributed by atoms with Crippen LogP contribution in [0.15, 0.2) is 73.1 Å². The average molecular weight is 639 g/mol. The maximum Gasteiger partial charge on any atom is 0.416 e. The van der Waals surface area contributed by atoms with Gasteiger partial charge in [-0.05, 0) is 63.0 Å². The zero-order chi connectivity index (χ0) is 32.5. The van der Waals surface area contributed by atoms with Crippen molar-refractivity contribution in [1.82, 2.24) is 25.6 Å². The Morgan fingerprint density at radius 3 is 2.49 bits per heavy atom. The summed E-state index contributed by atoms with van der Waals surface area (Å²) in [5.74, 6) is -0.540. The van der Waals surface area contributed by atoms with Gasteiger partial charge in [0.2, 0.25) is 0 Å². The summed E-state index contributed by atoms with van der Waals surface area (Å²) in [5, 5.41) is 9.42. The lowest BCUT2D eigenvalue weighted by atomic mass is 10.1. The molecular weight excluding hydrogens is 605 g/mol. The topological polar surface area (TPSA) is 80.7 Å². The van der Waals surface area contributed by atoms with E-state index in [1.165, 1.54) is 0 Å². The van der Waals surface area contributed by atoms with Crippen LogP contribution >= 0.6 is 11.6 Å². The Balaban J connectivity index is 1.41. The minimum Gasteiger partial charge on any atom is -0.373 e. The van der Waals surface area contributed by atoms with Crippen LogP contribution in [0.4, 0.5) is 30.2 Å². The Bertz CT molecular complexity index is 1750. The quantitative estimate of drug-likeness (QED) is 0.203. The van der Waals surface area contributed by atoms with Crippen LogP contribution in [0, 0.1) is 6.92 Å². The highest BCUT2D eigenvalue weighted by molar-refractivity contribution is 6.33. The molecule has 13 heteroatoms. The Hall–Kier alpha value is -4.52. The first kappa shape index (κ1) is 31.9. The molecule has 3 aromatic carbocycles. The monoisotopic (exact) mass is 638 g/mol. The van der Waals surface area contributed by atoms with Gasteiger partial charge in [0.05, 0.1) is 28.8 Å². The van der Waals surface area contributed by atoms with Crippen LogP contribution in [0.1, 0.15) is 27.0 Å². The van der Waals surface area contributed by atoms with Crippen LogP contribution in [-0.4, -0.2) is 54.8 Å². The molecule has 1 aromatic heterocycles. The maximum absolute atomic E-state index is 13.8. The first-order chi connectivity index (χ1) is 21.3. The number of hydrogen-bond acceptors (Lipinski definition) is 7. The summed E-state index contributed by atoms with van der Waals surface area (Å²) < 4.78 is 43.1. The molecule has 45 heavy (non-hydrogen) atoms. The van der Waals surface area contributed by atoms with Gasteiger partial charge < -0.3 is 20.5 Å². The molecule has 1 aliphatic rings. The van der Waals surface area contributed by atoms with Crippen molar-refractivity contribution in [3.8, 4) is 11.3 Å². The van der Waals surface area contributed by atoms with Crippen molar-refractivity contribution in [2.45, 2.75) is 13.1 Å². The van der Waals surface area contributed by atoms with Crippen molar-refractivity contribution < 1.29 is 18.0 Å². The number of hydrazine groups is 2. The molecule has 0 saturated carbocycles. The molecule has 0 aliphatic carbocycles. The van der Waals surface area contributed by atoms with Gasteiger partial charge in [0.25, 0.3) is 5.91 Å². The van der Waals surface area contributed by atoms with E-state index in [1.54, 1.807) is 52.1 Å². The molecule has 2 heterocycles. The number of anilines is 3. The van der Waals surface area contributed by atoms with Crippen molar-refractivity contribution >= 4 is 40.3 Å². The lowest BCUT2D eigenvalue weighted by Crippen LogP contribution is -2.36. The van der Waals surface area contributed by atoms with Crippen molar-refractivity contribution in [3.05, 3.63) is 100 Å². The molecule has 3 N–H and O–H groups in total. The van der Waals surface area contributed by atoms with Crippen LogP contribution < -0.4 is 26.2 Å². The number of aryl methyl sites for hydroxylation is 2. The standard InChI is InChI=1S/C32H34ClF3N8O/c1-20-10-11-21(31(45)38-23-15-22(32(34,35)36)16-24(17-23)42(4)13-12-41(2)3)14-29(20)44-19-28(39-40-44)26-18-37-43(5)30(26)25-8-6-7-9-27(25)33/h6-11,14-19,39-40H,12-13H2,1-5H3,(H,38,45). The van der Waals surface area contributed by atoms with Crippen LogP contribution in [0.3, 0.4) is 0 Å². The second-order valence-electron chi connectivity index (χ2n) is 11.1. The molecule has 0 bridgehead atoms. The lowest BCUT2D eigenvalue weighted by molar-refractivity contribution is -0.137. The molecule has 236 valence electrons. The summed E-state index contributed by atoms with van der Waals surface area (Å²) in [7, 11) is 7.34. The summed E-state index contributed by atoms with van der Waals surface area (Å²) in [6.07, 6.45) is -1.00. The Labute approximate surface area is 264 Å². The fraction of sp³-hybridized carbons (Fsp3) is 0.250. The van der Waals surface area contributed by atoms with Crippen LogP contribution in [0.5, 0.6) is 0 Å². The van der Waals surface area contributed by atoms with E-state index in [0.29, 0.717) is 29.5 Å². The first-order valence-corrected chi connectivity index (χ1v) is 14.5. The molecule has 0 radical (unpaired) electrons. The second-order valence-corrected chi connectivity index (χ2v) is 11.5. The third-order valence-electron chi connectivity index (χ3n) is 7.48. The molecule has 9 nitrogen and oxygen atoms in total. The minimum absolute atomic E-state index is 0.0514. The van der Waals surface area contributed by atoms with Gasteiger partial charge in [-0.2, -0.15) is 18.3 Å². The molecule has 1 amide bonds. The van der Waals surface area contributed by atoms with E-state index < -0.39 is 17.6 Å². The summed E-state index contributed by atoms with van der Waals surface area (Å²) >= 11 is 6.49. The van der Waals surface area contributed by atoms with E-state index in [1.807, 2.05) is 63.4 Å². The number of halogens is 4. The highest BCUT2D eigenvalue weighted by atomic mass is 35.5. The van der Waals surface area contributed by atoms with E-state index in [4.69, 9.17) is 11.6 Å². The van der Waals surface area contributed by atoms with Crippen molar-refractivity contribution in [2.75, 3.05) is 49.5 Å². The van der Waals surface area contributed by atoms with E-state index in [-0.39, 0.29) is 11.3 Å². The molecule has 4 aromatic rings. The summed E-state index contributed by atoms with van der Waals surface area (Å²) in [6.45, 7) is 3.05. The zero-order valence-corrected chi connectivity index (χ0v) is 26.3. The number of benzene rings is 3. The summed E-state index contributed by atoms with van der Waals surface area (Å²) in [5.41, 5.74) is 10.8. The molecule has 0 unspecified atom stereocenters. The number of carbonyl (C=O) groups is 1. The molecular formula is C32H34ClF3N8O. The lowest BCUT2D eigenvalue weighted by Gasteiger charge is -2.23. The van der Waals surface area contributed by atoms with E-state index in [0.717, 1.165) is 40.2 Å². The van der Waals surface area contributed by atoms with Crippen LogP contribution in [0.25, 0.3) is 17.0 Å². The van der Waals surface area contributed by atoms with Gasteiger partial charge in [-0.15, -0.1) is 5.53 Å². The van der Waals surface area contributed by atoms with Crippen molar-refractivity contribution in [2.24, 2.45) is 7.05 Å². The van der Waals surface area contributed by atoms with Crippen LogP contribution in [-0.2, 0) is 13.2 Å². The second kappa shape index (κ2) is 12.8. The van der Waals surface area contributed by atoms with Gasteiger partial charge in [-0.3, -0.25) is 14.5 Å². The van der Waals surface area contributed by atoms with Gasteiger partial charge in [0, 0.05) is 66.5 Å². The summed E-state index contributed by atoms with van der Waals surface area (Å²) in [6, 6.07) is 16.2. The predicted octanol–water partition coefficient (Wildman–Crippen LogP) is 6.15. The largest absolute Gasteiger partial charge is 0.416 e. The highest BCUT2D eigenvalue weighted by Crippen LogP contribution is 2.36. The molecule has 0 fully saturated rings. The fourth-order valence-corrected chi connectivity index (χ4v) is 5.17. The zero-order valence-electron chi connectivity index (χ0n) is 25.5. The molecule has 0 spiro atoms. The molecule has 1 aliphatic heterocycles. The van der Waals surface area contributed by atoms with Gasteiger partial charge in [0.15, 0.2) is 0 Å². The fourth-order valence-electron chi connectivity index (χ4n) is 4.95. The first-order valence-electron chi connectivity index (χ1n) is 14.1. The smallest absolute Gasteiger partial charge is 0.373 e. The van der Waals surface area contributed by atoms with Crippen LogP contribution in [0.2, 0.25) is 5.02 Å². The number of likely N-dealkylation sites (N-methyl/N-ethyl adjacent to an activating group) is 2. The number of nitrogens with one attached hydrogen (secondary N) is 3. The Kier molecular flexibility index (Phi) is 9.10. The molecule has 0 saturated heterocycles. The average Bonchev–Trinajstić information content (AvgIpc) is 3.62. The highest BCUT2D eigenvalue weighted by Gasteiger charge is 2.32.